The molecule has 0 aromatic carbocycles. The standard InChI is InChI=1S/C18H8N12/c1-2-20-8-7(19-1)13-25-14(8)29-16-11-12(24-6-5-23-11)18(27-16)30-17-10-9(15(26-17)28-13)21-3-4-22-10/h1-6,19H,(H,25,26,27,28,29,30). The number of aromatic amines is 1. The van der Waals surface area contributed by atoms with Crippen LogP contribution in [0.1, 0.15) is 22.8 Å². The van der Waals surface area contributed by atoms with Gasteiger partial charge in [0.15, 0.2) is 34.6 Å². The van der Waals surface area contributed by atoms with Crippen LogP contribution in [0.5, 0.6) is 0 Å². The molecule has 0 radical (unpaired) electrons. The van der Waals surface area contributed by atoms with Crippen molar-refractivity contribution in [3.8, 4) is 0 Å². The Morgan fingerprint density at radius 3 is 1.73 bits per heavy atom. The van der Waals surface area contributed by atoms with Crippen molar-refractivity contribution in [3.63, 3.8) is 0 Å². The average Bonchev–Trinajstić information content (AvgIpc) is 3.43. The van der Waals surface area contributed by atoms with Gasteiger partial charge in [0.05, 0.1) is 0 Å². The van der Waals surface area contributed by atoms with Crippen LogP contribution in [0.4, 0.5) is 11.5 Å². The van der Waals surface area contributed by atoms with Gasteiger partial charge >= 0.3 is 0 Å². The fourth-order valence-electron chi connectivity index (χ4n) is 3.49. The summed E-state index contributed by atoms with van der Waals surface area (Å²) in [5, 5.41) is 3.77. The number of aliphatic imine (C=N–C) groups is 4. The molecule has 0 unspecified atom stereocenters. The van der Waals surface area contributed by atoms with Crippen LogP contribution < -0.4 is 16.2 Å². The molecule has 30 heavy (non-hydrogen) atoms. The second-order valence-corrected chi connectivity index (χ2v) is 6.50. The second-order valence-electron chi connectivity index (χ2n) is 6.50. The van der Waals surface area contributed by atoms with Crippen LogP contribution in [0.2, 0.25) is 0 Å². The summed E-state index contributed by atoms with van der Waals surface area (Å²) < 4.78 is 0. The van der Waals surface area contributed by atoms with E-state index in [0.29, 0.717) is 68.5 Å². The summed E-state index contributed by atoms with van der Waals surface area (Å²) in [6.07, 6.45) is 9.71. The lowest BCUT2D eigenvalue weighted by Gasteiger charge is -2.02. The Bertz CT molecular complexity index is 1570. The summed E-state index contributed by atoms with van der Waals surface area (Å²) >= 11 is 0. The van der Waals surface area contributed by atoms with E-state index in [4.69, 9.17) is 0 Å². The highest BCUT2D eigenvalue weighted by atomic mass is 15.2. The minimum Gasteiger partial charge on any atom is -0.355 e. The Labute approximate surface area is 166 Å². The smallest absolute Gasteiger partial charge is 0.184 e. The molecule has 0 atom stereocenters. The summed E-state index contributed by atoms with van der Waals surface area (Å²) in [7, 11) is 0. The van der Waals surface area contributed by atoms with Crippen molar-refractivity contribution in [2.75, 3.05) is 5.32 Å². The van der Waals surface area contributed by atoms with Crippen molar-refractivity contribution < 1.29 is 0 Å². The molecule has 6 bridgehead atoms. The third-order valence-electron chi connectivity index (χ3n) is 4.76. The molecular formula is C18H8N12. The van der Waals surface area contributed by atoms with E-state index in [1.165, 1.54) is 0 Å². The van der Waals surface area contributed by atoms with Crippen LogP contribution in [-0.2, 0) is 0 Å². The Morgan fingerprint density at radius 1 is 0.600 bits per heavy atom. The van der Waals surface area contributed by atoms with Gasteiger partial charge in [-0.3, -0.25) is 0 Å². The first-order valence-electron chi connectivity index (χ1n) is 8.93. The molecule has 0 fully saturated rings. The van der Waals surface area contributed by atoms with Crippen LogP contribution in [0.15, 0.2) is 67.1 Å². The molecule has 0 amide bonds. The number of rotatable bonds is 0. The van der Waals surface area contributed by atoms with Crippen molar-refractivity contribution in [3.05, 3.63) is 70.8 Å². The molecule has 4 aliphatic rings. The van der Waals surface area contributed by atoms with E-state index < -0.39 is 0 Å². The first-order chi connectivity index (χ1) is 14.8. The van der Waals surface area contributed by atoms with Crippen molar-refractivity contribution in [1.82, 2.24) is 24.9 Å². The molecule has 2 N–H and O–H groups in total. The monoisotopic (exact) mass is 392 g/mol. The first kappa shape index (κ1) is 15.2. The minimum atomic E-state index is 0.352. The summed E-state index contributed by atoms with van der Waals surface area (Å²) in [6, 6.07) is 0. The molecule has 12 nitrogen and oxygen atoms in total. The topological polar surface area (TPSA) is 154 Å². The summed E-state index contributed by atoms with van der Waals surface area (Å²) in [5.41, 5.74) is 3.26. The molecule has 0 saturated heterocycles. The Morgan fingerprint density at radius 2 is 1.13 bits per heavy atom. The Hall–Kier alpha value is -4.74. The quantitative estimate of drug-likeness (QED) is 0.542. The van der Waals surface area contributed by atoms with Crippen LogP contribution in [0.3, 0.4) is 0 Å². The van der Waals surface area contributed by atoms with Crippen LogP contribution in [0, 0.1) is 0 Å². The highest BCUT2D eigenvalue weighted by molar-refractivity contribution is 6.27. The van der Waals surface area contributed by atoms with Gasteiger partial charge < -0.3 is 10.3 Å². The summed E-state index contributed by atoms with van der Waals surface area (Å²) in [4.78, 5) is 48.3. The highest BCUT2D eigenvalue weighted by Gasteiger charge is 2.30. The fraction of sp³-hybridized carbons (Fsp3) is 0. The van der Waals surface area contributed by atoms with Gasteiger partial charge in [-0.25, -0.2) is 49.9 Å². The molecule has 12 heteroatoms. The molecule has 0 aliphatic carbocycles. The van der Waals surface area contributed by atoms with Crippen molar-refractivity contribution in [2.24, 2.45) is 30.0 Å². The lowest BCUT2D eigenvalue weighted by atomic mass is 10.3. The molecule has 7 heterocycles. The van der Waals surface area contributed by atoms with Gasteiger partial charge in [0.1, 0.15) is 33.8 Å². The van der Waals surface area contributed by atoms with Crippen LogP contribution >= 0.6 is 0 Å². The van der Waals surface area contributed by atoms with Crippen molar-refractivity contribution in [2.45, 2.75) is 0 Å². The maximum atomic E-state index is 4.67. The number of aromatic nitrogens is 5. The summed E-state index contributed by atoms with van der Waals surface area (Å²) in [5.74, 6) is 1.97. The Balaban J connectivity index is 1.64. The van der Waals surface area contributed by atoms with Gasteiger partial charge in [0, 0.05) is 37.2 Å². The van der Waals surface area contributed by atoms with Crippen molar-refractivity contribution >= 4 is 34.8 Å². The molecule has 0 saturated carbocycles. The third-order valence-corrected chi connectivity index (χ3v) is 4.76. The number of nitrogens with zero attached hydrogens (tertiary/aromatic N) is 10. The predicted octanol–water partition coefficient (Wildman–Crippen LogP) is -0.210. The number of nitrogens with one attached hydrogen (secondary N) is 2. The van der Waals surface area contributed by atoms with Crippen molar-refractivity contribution in [1.29, 1.82) is 0 Å². The van der Waals surface area contributed by atoms with E-state index in [2.05, 4.69) is 60.2 Å². The molecule has 3 aromatic rings. The Kier molecular flexibility index (Phi) is 2.74. The zero-order valence-corrected chi connectivity index (χ0v) is 14.9. The maximum Gasteiger partial charge on any atom is 0.184 e. The average molecular weight is 392 g/mol. The van der Waals surface area contributed by atoms with Crippen LogP contribution in [0.25, 0.3) is 0 Å². The van der Waals surface area contributed by atoms with E-state index in [-0.39, 0.29) is 0 Å². The molecule has 3 aromatic heterocycles. The lowest BCUT2D eigenvalue weighted by molar-refractivity contribution is 1.13. The van der Waals surface area contributed by atoms with Gasteiger partial charge in [-0.05, 0) is 0 Å². The number of fused-ring (bicyclic) bond motifs is 13. The number of anilines is 1. The van der Waals surface area contributed by atoms with Gasteiger partial charge in [0.25, 0.3) is 0 Å². The predicted molar refractivity (Wildman–Crippen MR) is 106 cm³/mol. The first-order valence-corrected chi connectivity index (χ1v) is 8.93. The zero-order valence-electron chi connectivity index (χ0n) is 14.9. The second kappa shape index (κ2) is 5.41. The number of hydrogen-bond donors (Lipinski definition) is 2. The molecule has 0 spiro atoms. The molecule has 140 valence electrons. The third kappa shape index (κ3) is 1.98. The van der Waals surface area contributed by atoms with Gasteiger partial charge in [0.2, 0.25) is 0 Å². The van der Waals surface area contributed by atoms with E-state index in [1.807, 2.05) is 0 Å². The van der Waals surface area contributed by atoms with Crippen LogP contribution in [-0.4, -0.2) is 48.3 Å². The molecule has 7 rings (SSSR count). The van der Waals surface area contributed by atoms with Gasteiger partial charge in [-0.1, -0.05) is 0 Å². The van der Waals surface area contributed by atoms with Gasteiger partial charge in [-0.15, -0.1) is 0 Å². The van der Waals surface area contributed by atoms with E-state index in [0.717, 1.165) is 0 Å². The lowest BCUT2D eigenvalue weighted by Crippen LogP contribution is -2.27. The highest BCUT2D eigenvalue weighted by Crippen LogP contribution is 2.25. The minimum absolute atomic E-state index is 0.352. The zero-order chi connectivity index (χ0) is 19.7. The normalized spacial score (nSPS) is 16.8. The van der Waals surface area contributed by atoms with E-state index in [1.54, 1.807) is 37.2 Å². The maximum absolute atomic E-state index is 4.67. The number of H-pyrrole nitrogens is 1. The van der Waals surface area contributed by atoms with E-state index in [9.17, 15) is 0 Å². The number of hydrogen-bond acceptors (Lipinski definition) is 11. The fourth-order valence-corrected chi connectivity index (χ4v) is 3.49. The molecule has 4 aliphatic heterocycles. The summed E-state index contributed by atoms with van der Waals surface area (Å²) in [6.45, 7) is 0. The number of amidine groups is 4. The molecular weight excluding hydrogens is 384 g/mol. The van der Waals surface area contributed by atoms with E-state index >= 15 is 0 Å². The van der Waals surface area contributed by atoms with Gasteiger partial charge in [-0.2, -0.15) is 0 Å². The largest absolute Gasteiger partial charge is 0.355 e. The SMILES string of the molecule is C1=CNc2c3[nH]c(c2=N1)=NC1=NC(=NC2=NC(=N3)c3nccnc32)c2nccnc21.